The summed E-state index contributed by atoms with van der Waals surface area (Å²) in [5.41, 5.74) is 2.95. The summed E-state index contributed by atoms with van der Waals surface area (Å²) in [4.78, 5) is 45.5. The number of thioether (sulfide) groups is 1. The average molecular weight is 630 g/mol. The zero-order valence-electron chi connectivity index (χ0n) is 25.3. The molecule has 5 rings (SSSR count). The van der Waals surface area contributed by atoms with Crippen molar-refractivity contribution < 1.29 is 38.1 Å². The second kappa shape index (κ2) is 13.6. The Kier molecular flexibility index (Phi) is 9.43. The van der Waals surface area contributed by atoms with Crippen molar-refractivity contribution in [1.82, 2.24) is 15.2 Å². The Hall–Kier alpha value is -5.23. The molecule has 0 aliphatic carbocycles. The molecule has 45 heavy (non-hydrogen) atoms. The van der Waals surface area contributed by atoms with Gasteiger partial charge in [-0.15, -0.1) is 0 Å². The van der Waals surface area contributed by atoms with Crippen LogP contribution in [-0.4, -0.2) is 75.6 Å². The Morgan fingerprint density at radius 2 is 1.53 bits per heavy atom. The van der Waals surface area contributed by atoms with Crippen LogP contribution in [0.2, 0.25) is 0 Å². The quantitative estimate of drug-likeness (QED) is 0.215. The van der Waals surface area contributed by atoms with E-state index in [1.165, 1.54) is 21.3 Å². The number of rotatable bonds is 11. The van der Waals surface area contributed by atoms with Crippen molar-refractivity contribution in [2.45, 2.75) is 0 Å². The summed E-state index contributed by atoms with van der Waals surface area (Å²) in [7, 11) is 7.60. The van der Waals surface area contributed by atoms with E-state index < -0.39 is 11.1 Å². The van der Waals surface area contributed by atoms with E-state index in [9.17, 15) is 14.4 Å². The molecular weight excluding hydrogens is 598 g/mol. The van der Waals surface area contributed by atoms with E-state index in [0.717, 1.165) is 22.2 Å². The lowest BCUT2D eigenvalue weighted by Gasteiger charge is -2.15. The summed E-state index contributed by atoms with van der Waals surface area (Å²) >= 11 is 0.821. The number of methoxy groups -OCH3 is 5. The Morgan fingerprint density at radius 1 is 0.844 bits per heavy atom. The van der Waals surface area contributed by atoms with Gasteiger partial charge in [0.25, 0.3) is 17.1 Å². The van der Waals surface area contributed by atoms with E-state index in [1.807, 2.05) is 30.3 Å². The zero-order chi connectivity index (χ0) is 32.1. The van der Waals surface area contributed by atoms with Gasteiger partial charge in [0.2, 0.25) is 5.75 Å². The van der Waals surface area contributed by atoms with Gasteiger partial charge >= 0.3 is 0 Å². The van der Waals surface area contributed by atoms with Crippen molar-refractivity contribution in [3.8, 4) is 40.0 Å². The van der Waals surface area contributed by atoms with Crippen LogP contribution in [0.4, 0.5) is 4.79 Å². The highest BCUT2D eigenvalue weighted by atomic mass is 32.2. The molecule has 0 atom stereocenters. The maximum absolute atomic E-state index is 13.5. The minimum Gasteiger partial charge on any atom is -0.493 e. The van der Waals surface area contributed by atoms with Gasteiger partial charge in [-0.05, 0) is 65.9 Å². The summed E-state index contributed by atoms with van der Waals surface area (Å²) in [5.74, 6) is 1.54. The number of hydrogen-bond acceptors (Lipinski definition) is 10. The lowest BCUT2D eigenvalue weighted by molar-refractivity contribution is -0.122. The fourth-order valence-electron chi connectivity index (χ4n) is 4.91. The SMILES string of the molecule is COc1ccc(-c2cc(C(=O)NCCN3C(=O)S/C(=C\c4cc(OC)c(OC)c(OC)c4)C3=O)c3ccccc3n2)cc1OC. The molecule has 3 amide bonds. The molecule has 232 valence electrons. The van der Waals surface area contributed by atoms with E-state index in [4.69, 9.17) is 28.7 Å². The highest BCUT2D eigenvalue weighted by Crippen LogP contribution is 2.40. The van der Waals surface area contributed by atoms with Gasteiger partial charge in [0.15, 0.2) is 23.0 Å². The van der Waals surface area contributed by atoms with E-state index in [-0.39, 0.29) is 23.9 Å². The predicted octanol–water partition coefficient (Wildman–Crippen LogP) is 5.41. The first-order valence-electron chi connectivity index (χ1n) is 13.8. The second-order valence-corrected chi connectivity index (χ2v) is 10.7. The van der Waals surface area contributed by atoms with Gasteiger partial charge in [-0.2, -0.15) is 0 Å². The molecule has 4 aromatic rings. The first-order chi connectivity index (χ1) is 21.8. The van der Waals surface area contributed by atoms with Crippen molar-refractivity contribution in [2.75, 3.05) is 48.6 Å². The number of carbonyl (C=O) groups is 3. The van der Waals surface area contributed by atoms with Crippen LogP contribution in [0, 0.1) is 0 Å². The number of hydrogen-bond donors (Lipinski definition) is 1. The normalized spacial score (nSPS) is 13.7. The molecular formula is C33H31N3O8S. The standard InChI is InChI=1S/C33H31N3O8S/c1-40-25-11-10-20(17-26(25)41-2)24-18-22(21-8-6-7-9-23(21)35-24)31(37)34-12-13-36-32(38)29(45-33(36)39)16-19-14-27(42-3)30(44-5)28(15-19)43-4/h6-11,14-18H,12-13H2,1-5H3,(H,34,37)/b29-16-. The minimum absolute atomic E-state index is 0.00540. The smallest absolute Gasteiger partial charge is 0.293 e. The Balaban J connectivity index is 1.33. The number of fused-ring (bicyclic) bond motifs is 1. The molecule has 1 N–H and O–H groups in total. The zero-order valence-corrected chi connectivity index (χ0v) is 26.2. The molecule has 1 aliphatic rings. The third-order valence-corrected chi connectivity index (χ3v) is 8.03. The molecule has 1 fully saturated rings. The van der Waals surface area contributed by atoms with Crippen molar-refractivity contribution in [3.05, 3.63) is 76.7 Å². The number of para-hydroxylation sites is 1. The molecule has 0 radical (unpaired) electrons. The van der Waals surface area contributed by atoms with Crippen LogP contribution < -0.4 is 29.0 Å². The first-order valence-corrected chi connectivity index (χ1v) is 14.6. The lowest BCUT2D eigenvalue weighted by Crippen LogP contribution is -2.37. The van der Waals surface area contributed by atoms with Crippen LogP contribution in [-0.2, 0) is 4.79 Å². The number of aromatic nitrogens is 1. The summed E-state index contributed by atoms with van der Waals surface area (Å²) in [5, 5.41) is 3.09. The van der Waals surface area contributed by atoms with Gasteiger partial charge < -0.3 is 29.0 Å². The number of pyridine rings is 1. The van der Waals surface area contributed by atoms with Gasteiger partial charge in [-0.3, -0.25) is 19.3 Å². The third kappa shape index (κ3) is 6.36. The van der Waals surface area contributed by atoms with Crippen LogP contribution in [0.5, 0.6) is 28.7 Å². The third-order valence-electron chi connectivity index (χ3n) is 7.12. The molecule has 0 saturated carbocycles. The van der Waals surface area contributed by atoms with E-state index in [2.05, 4.69) is 5.32 Å². The van der Waals surface area contributed by atoms with Gasteiger partial charge in [0.05, 0.1) is 57.2 Å². The summed E-state index contributed by atoms with van der Waals surface area (Å²) < 4.78 is 26.9. The molecule has 1 aromatic heterocycles. The fourth-order valence-corrected chi connectivity index (χ4v) is 5.78. The van der Waals surface area contributed by atoms with Gasteiger partial charge in [-0.25, -0.2) is 4.98 Å². The highest BCUT2D eigenvalue weighted by molar-refractivity contribution is 8.18. The maximum atomic E-state index is 13.5. The molecule has 11 nitrogen and oxygen atoms in total. The summed E-state index contributed by atoms with van der Waals surface area (Å²) in [6.07, 6.45) is 1.59. The first kappa shape index (κ1) is 31.2. The average Bonchev–Trinajstić information content (AvgIpc) is 3.33. The van der Waals surface area contributed by atoms with E-state index in [0.29, 0.717) is 56.5 Å². The largest absolute Gasteiger partial charge is 0.493 e. The number of nitrogens with one attached hydrogen (secondary N) is 1. The number of amides is 3. The van der Waals surface area contributed by atoms with Crippen molar-refractivity contribution in [2.24, 2.45) is 0 Å². The molecule has 2 heterocycles. The number of benzene rings is 3. The van der Waals surface area contributed by atoms with E-state index in [1.54, 1.807) is 50.6 Å². The number of carbonyl (C=O) groups excluding carboxylic acids is 3. The van der Waals surface area contributed by atoms with Crippen LogP contribution in [0.3, 0.4) is 0 Å². The van der Waals surface area contributed by atoms with Gasteiger partial charge in [0, 0.05) is 24.0 Å². The lowest BCUT2D eigenvalue weighted by atomic mass is 10.0. The molecule has 0 unspecified atom stereocenters. The number of nitrogens with zero attached hydrogens (tertiary/aromatic N) is 2. The van der Waals surface area contributed by atoms with Crippen LogP contribution in [0.25, 0.3) is 28.2 Å². The molecule has 1 saturated heterocycles. The van der Waals surface area contributed by atoms with Crippen molar-refractivity contribution >= 4 is 45.8 Å². The Morgan fingerprint density at radius 3 is 2.20 bits per heavy atom. The van der Waals surface area contributed by atoms with Crippen molar-refractivity contribution in [1.29, 1.82) is 0 Å². The summed E-state index contributed by atoms with van der Waals surface area (Å²) in [6.45, 7) is 0.0469. The molecule has 3 aromatic carbocycles. The Bertz CT molecular complexity index is 1800. The van der Waals surface area contributed by atoms with Crippen LogP contribution >= 0.6 is 11.8 Å². The van der Waals surface area contributed by atoms with Gasteiger partial charge in [-0.1, -0.05) is 18.2 Å². The topological polar surface area (TPSA) is 126 Å². The fraction of sp³-hybridized carbons (Fsp3) is 0.212. The van der Waals surface area contributed by atoms with Crippen LogP contribution in [0.15, 0.2) is 65.6 Å². The number of imide groups is 1. The minimum atomic E-state index is -0.460. The highest BCUT2D eigenvalue weighted by Gasteiger charge is 2.35. The molecule has 0 bridgehead atoms. The Labute approximate surface area is 264 Å². The monoisotopic (exact) mass is 629 g/mol. The molecule has 1 aliphatic heterocycles. The van der Waals surface area contributed by atoms with Gasteiger partial charge in [0.1, 0.15) is 0 Å². The molecule has 12 heteroatoms. The maximum Gasteiger partial charge on any atom is 0.293 e. The molecule has 0 spiro atoms. The summed E-state index contributed by atoms with van der Waals surface area (Å²) in [6, 6.07) is 17.8. The van der Waals surface area contributed by atoms with Crippen LogP contribution in [0.1, 0.15) is 15.9 Å². The van der Waals surface area contributed by atoms with Crippen molar-refractivity contribution in [3.63, 3.8) is 0 Å². The van der Waals surface area contributed by atoms with E-state index >= 15 is 0 Å². The predicted molar refractivity (Wildman–Crippen MR) is 171 cm³/mol. The number of ether oxygens (including phenoxy) is 5. The second-order valence-electron chi connectivity index (χ2n) is 9.69.